The first kappa shape index (κ1) is 15.8. The number of ether oxygens (including phenoxy) is 2. The van der Waals surface area contributed by atoms with Crippen LogP contribution in [-0.2, 0) is 9.59 Å². The van der Waals surface area contributed by atoms with Gasteiger partial charge >= 0.3 is 5.97 Å². The summed E-state index contributed by atoms with van der Waals surface area (Å²) >= 11 is 0. The molecule has 0 saturated heterocycles. The summed E-state index contributed by atoms with van der Waals surface area (Å²) in [5.74, 6) is -0.432. The molecule has 1 aromatic rings. The van der Waals surface area contributed by atoms with E-state index in [4.69, 9.17) is 14.6 Å². The second kappa shape index (κ2) is 7.37. The molecule has 20 heavy (non-hydrogen) atoms. The summed E-state index contributed by atoms with van der Waals surface area (Å²) in [6.45, 7) is 3.25. The zero-order valence-corrected chi connectivity index (χ0v) is 11.8. The first-order valence-electron chi connectivity index (χ1n) is 6.31. The fraction of sp³-hybridized carbons (Fsp3) is 0.429. The molecule has 0 radical (unpaired) electrons. The molecule has 0 saturated carbocycles. The molecule has 2 unspecified atom stereocenters. The van der Waals surface area contributed by atoms with Crippen LogP contribution in [0.1, 0.15) is 20.3 Å². The lowest BCUT2D eigenvalue weighted by Gasteiger charge is -2.18. The van der Waals surface area contributed by atoms with Gasteiger partial charge in [-0.25, -0.2) is 4.79 Å². The van der Waals surface area contributed by atoms with Crippen LogP contribution in [0.15, 0.2) is 24.3 Å². The maximum Gasteiger partial charge on any atom is 0.326 e. The summed E-state index contributed by atoms with van der Waals surface area (Å²) in [6, 6.07) is 5.94. The van der Waals surface area contributed by atoms with Crippen molar-refractivity contribution in [2.45, 2.75) is 32.4 Å². The Hall–Kier alpha value is -2.24. The maximum absolute atomic E-state index is 11.8. The zero-order valence-electron chi connectivity index (χ0n) is 11.8. The molecule has 0 bridgehead atoms. The van der Waals surface area contributed by atoms with Crippen molar-refractivity contribution in [1.29, 1.82) is 0 Å². The predicted molar refractivity (Wildman–Crippen MR) is 72.9 cm³/mol. The number of carbonyl (C=O) groups is 2. The van der Waals surface area contributed by atoms with Crippen molar-refractivity contribution in [3.05, 3.63) is 24.3 Å². The smallest absolute Gasteiger partial charge is 0.326 e. The number of methoxy groups -OCH3 is 1. The average molecular weight is 281 g/mol. The fourth-order valence-corrected chi connectivity index (χ4v) is 1.56. The van der Waals surface area contributed by atoms with Crippen molar-refractivity contribution in [2.24, 2.45) is 0 Å². The van der Waals surface area contributed by atoms with Crippen LogP contribution in [0, 0.1) is 0 Å². The Morgan fingerprint density at radius 1 is 1.35 bits per heavy atom. The molecule has 2 N–H and O–H groups in total. The number of aliphatic carboxylic acids is 1. The molecule has 6 nitrogen and oxygen atoms in total. The van der Waals surface area contributed by atoms with E-state index in [1.807, 2.05) is 0 Å². The van der Waals surface area contributed by atoms with E-state index in [-0.39, 0.29) is 0 Å². The lowest BCUT2D eigenvalue weighted by atomic mass is 10.2. The van der Waals surface area contributed by atoms with E-state index in [2.05, 4.69) is 5.32 Å². The molecule has 1 aromatic carbocycles. The van der Waals surface area contributed by atoms with Crippen LogP contribution in [-0.4, -0.2) is 36.2 Å². The number of hydrogen-bond donors (Lipinski definition) is 2. The van der Waals surface area contributed by atoms with Gasteiger partial charge in [-0.2, -0.15) is 0 Å². The Balaban J connectivity index is 2.63. The largest absolute Gasteiger partial charge is 0.497 e. The van der Waals surface area contributed by atoms with Crippen molar-refractivity contribution in [2.75, 3.05) is 7.11 Å². The van der Waals surface area contributed by atoms with E-state index in [0.29, 0.717) is 17.9 Å². The van der Waals surface area contributed by atoms with Gasteiger partial charge in [-0.15, -0.1) is 0 Å². The van der Waals surface area contributed by atoms with Crippen LogP contribution in [0.2, 0.25) is 0 Å². The summed E-state index contributed by atoms with van der Waals surface area (Å²) in [4.78, 5) is 22.7. The van der Waals surface area contributed by atoms with Crippen molar-refractivity contribution in [3.8, 4) is 11.5 Å². The van der Waals surface area contributed by atoms with Gasteiger partial charge in [-0.05, 0) is 25.5 Å². The van der Waals surface area contributed by atoms with Gasteiger partial charge in [0.05, 0.1) is 7.11 Å². The number of nitrogens with one attached hydrogen (secondary N) is 1. The van der Waals surface area contributed by atoms with Crippen LogP contribution in [0.4, 0.5) is 0 Å². The molecule has 6 heteroatoms. The minimum atomic E-state index is -1.06. The van der Waals surface area contributed by atoms with Crippen LogP contribution < -0.4 is 14.8 Å². The third-order valence-corrected chi connectivity index (χ3v) is 2.75. The Morgan fingerprint density at radius 3 is 2.55 bits per heavy atom. The lowest BCUT2D eigenvalue weighted by Crippen LogP contribution is -2.45. The van der Waals surface area contributed by atoms with E-state index in [1.165, 1.54) is 7.11 Å². The van der Waals surface area contributed by atoms with Crippen LogP contribution in [0.25, 0.3) is 0 Å². The molecule has 0 spiro atoms. The molecule has 1 rings (SSSR count). The number of carboxylic acid groups (broad SMARTS) is 1. The van der Waals surface area contributed by atoms with Crippen molar-refractivity contribution in [3.63, 3.8) is 0 Å². The summed E-state index contributed by atoms with van der Waals surface area (Å²) < 4.78 is 10.5. The quantitative estimate of drug-likeness (QED) is 0.790. The van der Waals surface area contributed by atoms with Gasteiger partial charge in [-0.3, -0.25) is 4.79 Å². The summed E-state index contributed by atoms with van der Waals surface area (Å²) in [5, 5.41) is 11.3. The Bertz CT molecular complexity index is 474. The highest BCUT2D eigenvalue weighted by atomic mass is 16.5. The highest BCUT2D eigenvalue weighted by Gasteiger charge is 2.22. The third kappa shape index (κ3) is 4.46. The highest BCUT2D eigenvalue weighted by Crippen LogP contribution is 2.19. The average Bonchev–Trinajstić information content (AvgIpc) is 2.44. The Kier molecular flexibility index (Phi) is 5.83. The summed E-state index contributed by atoms with van der Waals surface area (Å²) in [5.41, 5.74) is 0. The van der Waals surface area contributed by atoms with E-state index < -0.39 is 24.0 Å². The van der Waals surface area contributed by atoms with Crippen molar-refractivity contribution < 1.29 is 24.2 Å². The lowest BCUT2D eigenvalue weighted by molar-refractivity contribution is -0.143. The zero-order chi connectivity index (χ0) is 15.1. The minimum absolute atomic E-state index is 0.312. The number of amides is 1. The van der Waals surface area contributed by atoms with Gasteiger partial charge in [-0.1, -0.05) is 13.0 Å². The molecule has 0 fully saturated rings. The second-order valence-electron chi connectivity index (χ2n) is 4.25. The molecule has 1 amide bonds. The van der Waals surface area contributed by atoms with Crippen molar-refractivity contribution in [1.82, 2.24) is 5.32 Å². The molecule has 0 aliphatic heterocycles. The predicted octanol–water partition coefficient (Wildman–Crippen LogP) is 1.44. The van der Waals surface area contributed by atoms with E-state index in [1.54, 1.807) is 38.1 Å². The number of hydrogen-bond acceptors (Lipinski definition) is 4. The second-order valence-corrected chi connectivity index (χ2v) is 4.25. The van der Waals surface area contributed by atoms with E-state index in [9.17, 15) is 9.59 Å². The number of carboxylic acids is 1. The normalized spacial score (nSPS) is 13.2. The molecule has 0 aliphatic rings. The molecule has 110 valence electrons. The van der Waals surface area contributed by atoms with Crippen LogP contribution in [0.5, 0.6) is 11.5 Å². The monoisotopic (exact) mass is 281 g/mol. The number of benzene rings is 1. The summed E-state index contributed by atoms with van der Waals surface area (Å²) in [7, 11) is 1.54. The first-order valence-corrected chi connectivity index (χ1v) is 6.31. The van der Waals surface area contributed by atoms with E-state index in [0.717, 1.165) is 0 Å². The Morgan fingerprint density at radius 2 is 2.00 bits per heavy atom. The van der Waals surface area contributed by atoms with Crippen molar-refractivity contribution >= 4 is 11.9 Å². The van der Waals surface area contributed by atoms with Gasteiger partial charge in [0.25, 0.3) is 5.91 Å². The van der Waals surface area contributed by atoms with Gasteiger partial charge in [0.1, 0.15) is 17.5 Å². The van der Waals surface area contributed by atoms with E-state index >= 15 is 0 Å². The first-order chi connectivity index (χ1) is 9.47. The highest BCUT2D eigenvalue weighted by molar-refractivity contribution is 5.86. The number of carbonyl (C=O) groups excluding carboxylic acids is 1. The third-order valence-electron chi connectivity index (χ3n) is 2.75. The maximum atomic E-state index is 11.8. The SMILES string of the molecule is CCC(NC(=O)C(C)Oc1cccc(OC)c1)C(=O)O. The molecule has 0 aromatic heterocycles. The molecule has 0 heterocycles. The number of rotatable bonds is 7. The molecule has 2 atom stereocenters. The van der Waals surface area contributed by atoms with Gasteiger partial charge in [0, 0.05) is 6.07 Å². The standard InChI is InChI=1S/C14H19NO5/c1-4-12(14(17)18)15-13(16)9(2)20-11-7-5-6-10(8-11)19-3/h5-9,12H,4H2,1-3H3,(H,15,16)(H,17,18). The Labute approximate surface area is 117 Å². The van der Waals surface area contributed by atoms with Gasteiger partial charge < -0.3 is 19.9 Å². The van der Waals surface area contributed by atoms with Gasteiger partial charge in [0.15, 0.2) is 6.10 Å². The fourth-order valence-electron chi connectivity index (χ4n) is 1.56. The molecular weight excluding hydrogens is 262 g/mol. The topological polar surface area (TPSA) is 84.9 Å². The minimum Gasteiger partial charge on any atom is -0.497 e. The molecule has 0 aliphatic carbocycles. The van der Waals surface area contributed by atoms with Gasteiger partial charge in [0.2, 0.25) is 0 Å². The molecular formula is C14H19NO5. The van der Waals surface area contributed by atoms with Crippen LogP contribution >= 0.6 is 0 Å². The summed E-state index contributed by atoms with van der Waals surface area (Å²) in [6.07, 6.45) is -0.483. The van der Waals surface area contributed by atoms with Crippen LogP contribution in [0.3, 0.4) is 0 Å².